The lowest BCUT2D eigenvalue weighted by Crippen LogP contribution is -2.05. The fourth-order valence-corrected chi connectivity index (χ4v) is 2.60. The van der Waals surface area contributed by atoms with Crippen molar-refractivity contribution in [2.24, 2.45) is 0 Å². The van der Waals surface area contributed by atoms with Crippen LogP contribution in [0.25, 0.3) is 11.3 Å². The van der Waals surface area contributed by atoms with Crippen LogP contribution in [0.4, 0.5) is 8.78 Å². The summed E-state index contributed by atoms with van der Waals surface area (Å²) < 4.78 is 33.2. The van der Waals surface area contributed by atoms with E-state index in [1.54, 1.807) is 18.3 Å². The average molecular weight is 351 g/mol. The van der Waals surface area contributed by atoms with E-state index in [1.807, 2.05) is 0 Å². The van der Waals surface area contributed by atoms with Crippen LogP contribution < -0.4 is 0 Å². The van der Waals surface area contributed by atoms with Crippen molar-refractivity contribution < 1.29 is 18.4 Å². The van der Waals surface area contributed by atoms with Crippen molar-refractivity contribution in [2.75, 3.05) is 0 Å². The summed E-state index contributed by atoms with van der Waals surface area (Å²) in [4.78, 5) is 3.93. The number of hydrogen-bond donors (Lipinski definition) is 1. The third kappa shape index (κ3) is 3.02. The number of aromatic nitrogens is 2. The number of aliphatic hydroxyl groups is 1. The Labute approximate surface area is 141 Å². The number of hydrogen-bond acceptors (Lipinski definition) is 4. The van der Waals surface area contributed by atoms with Gasteiger partial charge in [-0.05, 0) is 31.2 Å². The molecule has 0 spiro atoms. The Bertz CT molecular complexity index is 853. The van der Waals surface area contributed by atoms with E-state index in [4.69, 9.17) is 16.1 Å². The van der Waals surface area contributed by atoms with Crippen molar-refractivity contribution in [2.45, 2.75) is 19.2 Å². The molecular weight excluding hydrogens is 338 g/mol. The highest BCUT2D eigenvalue weighted by atomic mass is 35.5. The van der Waals surface area contributed by atoms with E-state index in [9.17, 15) is 13.9 Å². The zero-order valence-corrected chi connectivity index (χ0v) is 13.3. The molecule has 2 aromatic heterocycles. The molecule has 1 aromatic carbocycles. The van der Waals surface area contributed by atoms with Gasteiger partial charge in [-0.2, -0.15) is 0 Å². The van der Waals surface area contributed by atoms with Crippen LogP contribution in [-0.4, -0.2) is 15.2 Å². The molecule has 0 saturated heterocycles. The second kappa shape index (κ2) is 6.67. The van der Waals surface area contributed by atoms with Gasteiger partial charge in [-0.1, -0.05) is 22.8 Å². The molecule has 7 heteroatoms. The van der Waals surface area contributed by atoms with Gasteiger partial charge in [-0.25, -0.2) is 8.78 Å². The van der Waals surface area contributed by atoms with Gasteiger partial charge in [0.15, 0.2) is 11.9 Å². The topological polar surface area (TPSA) is 59.2 Å². The van der Waals surface area contributed by atoms with Crippen molar-refractivity contribution in [1.29, 1.82) is 0 Å². The summed E-state index contributed by atoms with van der Waals surface area (Å²) in [5, 5.41) is 14.6. The van der Waals surface area contributed by atoms with Crippen LogP contribution in [0.1, 0.15) is 36.1 Å². The second-order valence-electron chi connectivity index (χ2n) is 5.24. The Hall–Kier alpha value is -2.31. The van der Waals surface area contributed by atoms with E-state index >= 15 is 0 Å². The molecule has 24 heavy (non-hydrogen) atoms. The first-order valence-corrected chi connectivity index (χ1v) is 7.53. The number of halogens is 3. The largest absolute Gasteiger partial charge is 0.383 e. The predicted molar refractivity (Wildman–Crippen MR) is 84.7 cm³/mol. The van der Waals surface area contributed by atoms with E-state index in [1.165, 1.54) is 25.3 Å². The highest BCUT2D eigenvalue weighted by Gasteiger charge is 2.29. The number of rotatable bonds is 4. The minimum absolute atomic E-state index is 0.0278. The van der Waals surface area contributed by atoms with Gasteiger partial charge in [0.25, 0.3) is 0 Å². The Balaban J connectivity index is 2.18. The summed E-state index contributed by atoms with van der Waals surface area (Å²) in [7, 11) is 0. The van der Waals surface area contributed by atoms with E-state index in [-0.39, 0.29) is 27.6 Å². The zero-order chi connectivity index (χ0) is 17.3. The maximum absolute atomic E-state index is 14.2. The van der Waals surface area contributed by atoms with Crippen molar-refractivity contribution in [3.05, 3.63) is 70.5 Å². The van der Waals surface area contributed by atoms with Crippen molar-refractivity contribution >= 4 is 11.6 Å². The minimum Gasteiger partial charge on any atom is -0.383 e. The lowest BCUT2D eigenvalue weighted by atomic mass is 9.96. The van der Waals surface area contributed by atoms with E-state index in [0.717, 1.165) is 6.07 Å². The molecule has 0 fully saturated rings. The molecule has 3 aromatic rings. The molecule has 0 aliphatic rings. The lowest BCUT2D eigenvalue weighted by Gasteiger charge is -2.13. The fraction of sp³-hybridized carbons (Fsp3) is 0.176. The molecular formula is C17H13ClF2N2O2. The Morgan fingerprint density at radius 2 is 2.08 bits per heavy atom. The lowest BCUT2D eigenvalue weighted by molar-refractivity contribution is 0.207. The third-order valence-electron chi connectivity index (χ3n) is 3.58. The SMILES string of the molecule is CC(F)c1onc(-c2ccc(Cl)cc2F)c1C(O)c1cccnc1. The standard InChI is InChI=1S/C17H13ClF2N2O2/c1-9(19)17-14(16(23)10-3-2-6-21-8-10)15(22-24-17)12-5-4-11(18)7-13(12)20/h2-9,16,23H,1H3. The molecule has 0 saturated carbocycles. The Kier molecular flexibility index (Phi) is 4.59. The van der Waals surface area contributed by atoms with Crippen molar-refractivity contribution in [3.63, 3.8) is 0 Å². The van der Waals surface area contributed by atoms with E-state index in [2.05, 4.69) is 10.1 Å². The first-order chi connectivity index (χ1) is 11.5. The molecule has 2 atom stereocenters. The van der Waals surface area contributed by atoms with Crippen LogP contribution in [0, 0.1) is 5.82 Å². The molecule has 0 radical (unpaired) electrons. The van der Waals surface area contributed by atoms with E-state index < -0.39 is 18.1 Å². The number of aliphatic hydroxyl groups excluding tert-OH is 1. The maximum Gasteiger partial charge on any atom is 0.177 e. The van der Waals surface area contributed by atoms with Gasteiger partial charge >= 0.3 is 0 Å². The first kappa shape index (κ1) is 16.5. The highest BCUT2D eigenvalue weighted by molar-refractivity contribution is 6.30. The van der Waals surface area contributed by atoms with Crippen LogP contribution >= 0.6 is 11.6 Å². The van der Waals surface area contributed by atoms with Gasteiger partial charge in [0, 0.05) is 28.5 Å². The number of pyridine rings is 1. The molecule has 0 aliphatic heterocycles. The van der Waals surface area contributed by atoms with Gasteiger partial charge < -0.3 is 9.63 Å². The molecule has 2 unspecified atom stereocenters. The average Bonchev–Trinajstić information content (AvgIpc) is 3.00. The highest BCUT2D eigenvalue weighted by Crippen LogP contribution is 2.38. The molecule has 0 aliphatic carbocycles. The number of nitrogens with zero attached hydrogens (tertiary/aromatic N) is 2. The fourth-order valence-electron chi connectivity index (χ4n) is 2.44. The quantitative estimate of drug-likeness (QED) is 0.744. The molecule has 0 amide bonds. The van der Waals surface area contributed by atoms with Crippen LogP contribution in [0.2, 0.25) is 5.02 Å². The summed E-state index contributed by atoms with van der Waals surface area (Å²) in [6, 6.07) is 7.26. The van der Waals surface area contributed by atoms with Crippen molar-refractivity contribution in [3.8, 4) is 11.3 Å². The summed E-state index contributed by atoms with van der Waals surface area (Å²) in [6.07, 6.45) is 0.195. The minimum atomic E-state index is -1.53. The summed E-state index contributed by atoms with van der Waals surface area (Å²) in [5.74, 6) is -0.802. The normalized spacial score (nSPS) is 13.7. The van der Waals surface area contributed by atoms with Gasteiger partial charge in [-0.15, -0.1) is 0 Å². The van der Waals surface area contributed by atoms with E-state index in [0.29, 0.717) is 5.56 Å². The zero-order valence-electron chi connectivity index (χ0n) is 12.6. The number of alkyl halides is 1. The first-order valence-electron chi connectivity index (χ1n) is 7.16. The molecule has 1 N–H and O–H groups in total. The smallest absolute Gasteiger partial charge is 0.177 e. The van der Waals surface area contributed by atoms with Crippen molar-refractivity contribution in [1.82, 2.24) is 10.1 Å². The molecule has 0 bridgehead atoms. The van der Waals surface area contributed by atoms with Gasteiger partial charge in [0.1, 0.15) is 17.6 Å². The van der Waals surface area contributed by atoms with Gasteiger partial charge in [0.05, 0.1) is 5.56 Å². The molecule has 3 rings (SSSR count). The second-order valence-corrected chi connectivity index (χ2v) is 5.67. The Morgan fingerprint density at radius 3 is 2.71 bits per heavy atom. The van der Waals surface area contributed by atoms with Crippen LogP contribution in [0.5, 0.6) is 0 Å². The molecule has 4 nitrogen and oxygen atoms in total. The monoisotopic (exact) mass is 350 g/mol. The van der Waals surface area contributed by atoms with Crippen LogP contribution in [0.15, 0.2) is 47.2 Å². The molecule has 2 heterocycles. The maximum atomic E-state index is 14.2. The molecule has 124 valence electrons. The predicted octanol–water partition coefficient (Wildman–Crippen LogP) is 4.64. The summed E-state index contributed by atoms with van der Waals surface area (Å²) in [5.41, 5.74) is 0.574. The third-order valence-corrected chi connectivity index (χ3v) is 3.81. The van der Waals surface area contributed by atoms with Crippen LogP contribution in [-0.2, 0) is 0 Å². The number of benzene rings is 1. The van der Waals surface area contributed by atoms with Gasteiger partial charge in [-0.3, -0.25) is 4.98 Å². The van der Waals surface area contributed by atoms with Gasteiger partial charge in [0.2, 0.25) is 0 Å². The Morgan fingerprint density at radius 1 is 1.29 bits per heavy atom. The summed E-state index contributed by atoms with van der Waals surface area (Å²) >= 11 is 5.76. The summed E-state index contributed by atoms with van der Waals surface area (Å²) in [6.45, 7) is 1.25. The van der Waals surface area contributed by atoms with Crippen LogP contribution in [0.3, 0.4) is 0 Å².